The number of hydrogen-bond acceptors (Lipinski definition) is 3. The third kappa shape index (κ3) is 2.20. The third-order valence-corrected chi connectivity index (χ3v) is 4.03. The second-order valence-corrected chi connectivity index (χ2v) is 5.47. The fraction of sp³-hybridized carbons (Fsp3) is 0.333. The first kappa shape index (κ1) is 10.2. The van der Waals surface area contributed by atoms with Crippen molar-refractivity contribution in [1.29, 1.82) is 0 Å². The van der Waals surface area contributed by atoms with E-state index >= 15 is 0 Å². The molecule has 1 aliphatic carbocycles. The maximum atomic E-state index is 12.6. The molecular formula is C9H10FNO3S. The van der Waals surface area contributed by atoms with Gasteiger partial charge in [0.25, 0.3) is 0 Å². The highest BCUT2D eigenvalue weighted by molar-refractivity contribution is 7.93. The molecule has 82 valence electrons. The molecule has 6 heteroatoms. The number of sulfonamides is 1. The Balaban J connectivity index is 2.24. The van der Waals surface area contributed by atoms with Gasteiger partial charge < -0.3 is 5.11 Å². The van der Waals surface area contributed by atoms with Gasteiger partial charge in [-0.2, -0.15) is 0 Å². The van der Waals surface area contributed by atoms with E-state index in [-0.39, 0.29) is 10.9 Å². The number of anilines is 1. The van der Waals surface area contributed by atoms with Crippen molar-refractivity contribution >= 4 is 15.7 Å². The predicted molar refractivity (Wildman–Crippen MR) is 53.6 cm³/mol. The van der Waals surface area contributed by atoms with Crippen LogP contribution in [0, 0.1) is 5.82 Å². The van der Waals surface area contributed by atoms with Crippen molar-refractivity contribution in [2.45, 2.75) is 18.1 Å². The summed E-state index contributed by atoms with van der Waals surface area (Å²) in [5.74, 6) is -1.01. The molecule has 0 atom stereocenters. The van der Waals surface area contributed by atoms with Crippen LogP contribution in [-0.2, 0) is 10.0 Å². The Morgan fingerprint density at radius 1 is 1.40 bits per heavy atom. The molecule has 0 bridgehead atoms. The number of rotatable bonds is 3. The number of phenolic OH excluding ortho intramolecular Hbond substituents is 1. The highest BCUT2D eigenvalue weighted by atomic mass is 32.2. The van der Waals surface area contributed by atoms with Gasteiger partial charge in [0.1, 0.15) is 11.6 Å². The lowest BCUT2D eigenvalue weighted by atomic mass is 10.3. The summed E-state index contributed by atoms with van der Waals surface area (Å²) in [6.07, 6.45) is 1.27. The Morgan fingerprint density at radius 2 is 2.07 bits per heavy atom. The van der Waals surface area contributed by atoms with Crippen LogP contribution in [0.1, 0.15) is 12.8 Å². The summed E-state index contributed by atoms with van der Waals surface area (Å²) in [6, 6.07) is 3.15. The smallest absolute Gasteiger partial charge is 0.235 e. The van der Waals surface area contributed by atoms with Crippen LogP contribution in [0.2, 0.25) is 0 Å². The molecule has 1 aromatic rings. The summed E-state index contributed by atoms with van der Waals surface area (Å²) in [5, 5.41) is 8.92. The van der Waals surface area contributed by atoms with E-state index in [0.29, 0.717) is 12.8 Å². The normalized spacial score (nSPS) is 16.3. The van der Waals surface area contributed by atoms with Crippen LogP contribution in [0.3, 0.4) is 0 Å². The molecular weight excluding hydrogens is 221 g/mol. The lowest BCUT2D eigenvalue weighted by Gasteiger charge is -2.08. The Kier molecular flexibility index (Phi) is 2.30. The minimum Gasteiger partial charge on any atom is -0.506 e. The average molecular weight is 231 g/mol. The predicted octanol–water partition coefficient (Wildman–Crippen LogP) is 1.44. The Hall–Kier alpha value is -1.30. The van der Waals surface area contributed by atoms with Gasteiger partial charge in [0, 0.05) is 6.07 Å². The van der Waals surface area contributed by atoms with Crippen LogP contribution in [-0.4, -0.2) is 18.8 Å². The van der Waals surface area contributed by atoms with E-state index in [4.69, 9.17) is 0 Å². The third-order valence-electron chi connectivity index (χ3n) is 2.18. The number of phenols is 1. The first-order valence-corrected chi connectivity index (χ1v) is 6.04. The summed E-state index contributed by atoms with van der Waals surface area (Å²) in [7, 11) is -3.41. The van der Waals surface area contributed by atoms with Gasteiger partial charge in [-0.15, -0.1) is 0 Å². The van der Waals surface area contributed by atoms with Crippen LogP contribution in [0.15, 0.2) is 18.2 Å². The highest BCUT2D eigenvalue weighted by Gasteiger charge is 2.36. The number of hydrogen-bond donors (Lipinski definition) is 2. The van der Waals surface area contributed by atoms with Crippen LogP contribution in [0.4, 0.5) is 10.1 Å². The van der Waals surface area contributed by atoms with Crippen LogP contribution < -0.4 is 4.72 Å². The number of halogens is 1. The molecule has 0 aromatic heterocycles. The summed E-state index contributed by atoms with van der Waals surface area (Å²) >= 11 is 0. The standard InChI is InChI=1S/C9H10FNO3S/c10-6-1-4-8(9(12)5-6)11-15(13,14)7-2-3-7/h1,4-5,7,11-12H,2-3H2. The zero-order valence-corrected chi connectivity index (χ0v) is 8.59. The average Bonchev–Trinajstić information content (AvgIpc) is 2.92. The SMILES string of the molecule is O=S(=O)(Nc1ccc(F)cc1O)C1CC1. The first-order valence-electron chi connectivity index (χ1n) is 4.49. The fourth-order valence-electron chi connectivity index (χ4n) is 1.21. The molecule has 1 aromatic carbocycles. The van der Waals surface area contributed by atoms with Crippen LogP contribution >= 0.6 is 0 Å². The van der Waals surface area contributed by atoms with E-state index in [1.165, 1.54) is 6.07 Å². The molecule has 0 amide bonds. The van der Waals surface area contributed by atoms with Crippen LogP contribution in [0.5, 0.6) is 5.75 Å². The van der Waals surface area contributed by atoms with E-state index in [9.17, 15) is 17.9 Å². The minimum atomic E-state index is -3.41. The molecule has 2 N–H and O–H groups in total. The van der Waals surface area contributed by atoms with Gasteiger partial charge in [-0.05, 0) is 25.0 Å². The van der Waals surface area contributed by atoms with Gasteiger partial charge in [0.2, 0.25) is 10.0 Å². The molecule has 0 heterocycles. The largest absolute Gasteiger partial charge is 0.506 e. The molecule has 2 rings (SSSR count). The first-order chi connectivity index (χ1) is 6.99. The molecule has 0 radical (unpaired) electrons. The fourth-order valence-corrected chi connectivity index (χ4v) is 2.61. The summed E-state index contributed by atoms with van der Waals surface area (Å²) in [6.45, 7) is 0. The van der Waals surface area contributed by atoms with Gasteiger partial charge in [-0.3, -0.25) is 4.72 Å². The minimum absolute atomic E-state index is 0.0169. The van der Waals surface area contributed by atoms with E-state index in [2.05, 4.69) is 4.72 Å². The summed E-state index contributed by atoms with van der Waals surface area (Å²) in [4.78, 5) is 0. The van der Waals surface area contributed by atoms with E-state index in [1.54, 1.807) is 0 Å². The highest BCUT2D eigenvalue weighted by Crippen LogP contribution is 2.32. The van der Waals surface area contributed by atoms with Crippen molar-refractivity contribution in [2.75, 3.05) is 4.72 Å². The van der Waals surface area contributed by atoms with Crippen molar-refractivity contribution in [1.82, 2.24) is 0 Å². The van der Waals surface area contributed by atoms with Gasteiger partial charge >= 0.3 is 0 Å². The second kappa shape index (κ2) is 3.37. The molecule has 0 spiro atoms. The van der Waals surface area contributed by atoms with E-state index in [0.717, 1.165) is 12.1 Å². The van der Waals surface area contributed by atoms with Crippen LogP contribution in [0.25, 0.3) is 0 Å². The zero-order chi connectivity index (χ0) is 11.1. The van der Waals surface area contributed by atoms with E-state index < -0.39 is 21.6 Å². The lowest BCUT2D eigenvalue weighted by Crippen LogP contribution is -2.17. The topological polar surface area (TPSA) is 66.4 Å². The maximum Gasteiger partial charge on any atom is 0.235 e. The summed E-state index contributed by atoms with van der Waals surface area (Å²) < 4.78 is 37.8. The number of nitrogens with one attached hydrogen (secondary N) is 1. The van der Waals surface area contributed by atoms with Gasteiger partial charge in [-0.1, -0.05) is 0 Å². The molecule has 4 nitrogen and oxygen atoms in total. The molecule has 15 heavy (non-hydrogen) atoms. The molecule has 0 unspecified atom stereocenters. The van der Waals surface area contributed by atoms with Crippen molar-refractivity contribution in [2.24, 2.45) is 0 Å². The monoisotopic (exact) mass is 231 g/mol. The lowest BCUT2D eigenvalue weighted by molar-refractivity contribution is 0.471. The number of benzene rings is 1. The zero-order valence-electron chi connectivity index (χ0n) is 7.77. The molecule has 1 fully saturated rings. The number of aromatic hydroxyl groups is 1. The Morgan fingerprint density at radius 3 is 2.60 bits per heavy atom. The Bertz CT molecular complexity index is 482. The molecule has 0 saturated heterocycles. The summed E-state index contributed by atoms with van der Waals surface area (Å²) in [5.41, 5.74) is 0.0169. The Labute approximate surface area is 86.8 Å². The maximum absolute atomic E-state index is 12.6. The molecule has 1 aliphatic rings. The van der Waals surface area contributed by atoms with E-state index in [1.807, 2.05) is 0 Å². The van der Waals surface area contributed by atoms with Gasteiger partial charge in [-0.25, -0.2) is 12.8 Å². The van der Waals surface area contributed by atoms with Crippen molar-refractivity contribution in [3.8, 4) is 5.75 Å². The van der Waals surface area contributed by atoms with Gasteiger partial charge in [0.05, 0.1) is 10.9 Å². The second-order valence-electron chi connectivity index (χ2n) is 3.51. The quantitative estimate of drug-likeness (QED) is 0.773. The van der Waals surface area contributed by atoms with Crippen molar-refractivity contribution < 1.29 is 17.9 Å². The van der Waals surface area contributed by atoms with Crippen molar-refractivity contribution in [3.63, 3.8) is 0 Å². The molecule has 1 saturated carbocycles. The van der Waals surface area contributed by atoms with Crippen molar-refractivity contribution in [3.05, 3.63) is 24.0 Å². The molecule has 0 aliphatic heterocycles. The van der Waals surface area contributed by atoms with Gasteiger partial charge in [0.15, 0.2) is 0 Å².